The molecule has 0 saturated heterocycles. The molecule has 104 valence electrons. The zero-order valence-corrected chi connectivity index (χ0v) is 11.0. The molecule has 0 aliphatic carbocycles. The highest BCUT2D eigenvalue weighted by Crippen LogP contribution is 2.37. The standard InChI is InChI=1S/C14H18O5/c1-17-9-10-5-6-12-14(19-8-7-18-12)11(10)3-2-4-13(15)16/h5-6H,2-4,7-9H2,1H3,(H,15,16). The van der Waals surface area contributed by atoms with Gasteiger partial charge in [0, 0.05) is 19.1 Å². The first-order valence-electron chi connectivity index (χ1n) is 6.33. The molecule has 1 aromatic carbocycles. The lowest BCUT2D eigenvalue weighted by atomic mass is 10.00. The van der Waals surface area contributed by atoms with Crippen molar-refractivity contribution >= 4 is 5.97 Å². The second kappa shape index (κ2) is 6.43. The first-order chi connectivity index (χ1) is 9.22. The Morgan fingerprint density at radius 2 is 2.16 bits per heavy atom. The molecule has 1 aliphatic rings. The van der Waals surface area contributed by atoms with E-state index in [0.29, 0.717) is 32.7 Å². The van der Waals surface area contributed by atoms with E-state index in [2.05, 4.69) is 0 Å². The number of hydrogen-bond donors (Lipinski definition) is 1. The second-order valence-corrected chi connectivity index (χ2v) is 4.41. The van der Waals surface area contributed by atoms with Crippen LogP contribution < -0.4 is 9.47 Å². The minimum absolute atomic E-state index is 0.150. The first kappa shape index (κ1) is 13.7. The van der Waals surface area contributed by atoms with Crippen molar-refractivity contribution in [2.24, 2.45) is 0 Å². The largest absolute Gasteiger partial charge is 0.486 e. The number of fused-ring (bicyclic) bond motifs is 1. The average Bonchev–Trinajstić information content (AvgIpc) is 2.40. The number of benzene rings is 1. The van der Waals surface area contributed by atoms with Crippen LogP contribution >= 0.6 is 0 Å². The highest BCUT2D eigenvalue weighted by atomic mass is 16.6. The van der Waals surface area contributed by atoms with Crippen LogP contribution in [0.4, 0.5) is 0 Å². The van der Waals surface area contributed by atoms with Crippen LogP contribution in [-0.2, 0) is 22.6 Å². The van der Waals surface area contributed by atoms with Crippen molar-refractivity contribution in [2.45, 2.75) is 25.9 Å². The molecule has 0 atom stereocenters. The van der Waals surface area contributed by atoms with E-state index < -0.39 is 5.97 Å². The molecule has 19 heavy (non-hydrogen) atoms. The Morgan fingerprint density at radius 3 is 2.89 bits per heavy atom. The van der Waals surface area contributed by atoms with Crippen LogP contribution in [0.2, 0.25) is 0 Å². The van der Waals surface area contributed by atoms with E-state index >= 15 is 0 Å². The average molecular weight is 266 g/mol. The maximum absolute atomic E-state index is 10.6. The highest BCUT2D eigenvalue weighted by molar-refractivity contribution is 5.66. The molecule has 0 amide bonds. The van der Waals surface area contributed by atoms with Crippen LogP contribution in [0.5, 0.6) is 11.5 Å². The van der Waals surface area contributed by atoms with Crippen molar-refractivity contribution in [3.05, 3.63) is 23.3 Å². The number of carbonyl (C=O) groups is 1. The van der Waals surface area contributed by atoms with Crippen molar-refractivity contribution in [3.63, 3.8) is 0 Å². The SMILES string of the molecule is COCc1ccc2c(c1CCCC(=O)O)OCCO2. The molecule has 0 spiro atoms. The zero-order valence-electron chi connectivity index (χ0n) is 11.0. The van der Waals surface area contributed by atoms with E-state index in [4.69, 9.17) is 19.3 Å². The molecule has 0 radical (unpaired) electrons. The van der Waals surface area contributed by atoms with Crippen LogP contribution in [0.3, 0.4) is 0 Å². The lowest BCUT2D eigenvalue weighted by Gasteiger charge is -2.23. The summed E-state index contributed by atoms with van der Waals surface area (Å²) < 4.78 is 16.4. The van der Waals surface area contributed by atoms with Crippen LogP contribution in [-0.4, -0.2) is 31.4 Å². The highest BCUT2D eigenvalue weighted by Gasteiger charge is 2.19. The summed E-state index contributed by atoms with van der Waals surface area (Å²) in [5, 5.41) is 8.72. The summed E-state index contributed by atoms with van der Waals surface area (Å²) in [5.41, 5.74) is 2.03. The van der Waals surface area contributed by atoms with Gasteiger partial charge in [-0.2, -0.15) is 0 Å². The Kier molecular flexibility index (Phi) is 4.63. The number of carboxylic acids is 1. The molecule has 5 heteroatoms. The minimum atomic E-state index is -0.782. The molecule has 2 rings (SSSR count). The van der Waals surface area contributed by atoms with Crippen LogP contribution in [0, 0.1) is 0 Å². The number of methoxy groups -OCH3 is 1. The third kappa shape index (κ3) is 3.38. The minimum Gasteiger partial charge on any atom is -0.486 e. The Balaban J connectivity index is 2.22. The molecule has 5 nitrogen and oxygen atoms in total. The Morgan fingerprint density at radius 1 is 1.37 bits per heavy atom. The molecule has 1 aromatic rings. The topological polar surface area (TPSA) is 65.0 Å². The molecular weight excluding hydrogens is 248 g/mol. The molecular formula is C14H18O5. The molecule has 1 aliphatic heterocycles. The molecule has 0 unspecified atom stereocenters. The van der Waals surface area contributed by atoms with Crippen molar-refractivity contribution in [1.82, 2.24) is 0 Å². The summed E-state index contributed by atoms with van der Waals surface area (Å²) in [6, 6.07) is 3.83. The van der Waals surface area contributed by atoms with Gasteiger partial charge in [0.05, 0.1) is 6.61 Å². The van der Waals surface area contributed by atoms with E-state index in [1.54, 1.807) is 7.11 Å². The number of ether oxygens (including phenoxy) is 3. The van der Waals surface area contributed by atoms with Gasteiger partial charge in [0.1, 0.15) is 13.2 Å². The fourth-order valence-corrected chi connectivity index (χ4v) is 2.20. The summed E-state index contributed by atoms with van der Waals surface area (Å²) in [6.07, 6.45) is 1.38. The predicted octanol–water partition coefficient (Wildman–Crippen LogP) is 2.01. The number of aliphatic carboxylic acids is 1. The molecule has 0 fully saturated rings. The van der Waals surface area contributed by atoms with Gasteiger partial charge in [0.15, 0.2) is 11.5 Å². The monoisotopic (exact) mass is 266 g/mol. The summed E-state index contributed by atoms with van der Waals surface area (Å²) in [5.74, 6) is 0.692. The van der Waals surface area contributed by atoms with Gasteiger partial charge in [-0.3, -0.25) is 4.79 Å². The quantitative estimate of drug-likeness (QED) is 0.853. The summed E-state index contributed by atoms with van der Waals surface area (Å²) >= 11 is 0. The maximum Gasteiger partial charge on any atom is 0.303 e. The first-order valence-corrected chi connectivity index (χ1v) is 6.33. The lowest BCUT2D eigenvalue weighted by Crippen LogP contribution is -2.17. The van der Waals surface area contributed by atoms with Gasteiger partial charge in [0.2, 0.25) is 0 Å². The van der Waals surface area contributed by atoms with Gasteiger partial charge >= 0.3 is 5.97 Å². The van der Waals surface area contributed by atoms with Gasteiger partial charge < -0.3 is 19.3 Å². The number of rotatable bonds is 6. The summed E-state index contributed by atoms with van der Waals surface area (Å²) in [4.78, 5) is 10.6. The predicted molar refractivity (Wildman–Crippen MR) is 68.7 cm³/mol. The Hall–Kier alpha value is -1.75. The van der Waals surface area contributed by atoms with E-state index in [1.807, 2.05) is 12.1 Å². The molecule has 0 aromatic heterocycles. The fourth-order valence-electron chi connectivity index (χ4n) is 2.20. The van der Waals surface area contributed by atoms with E-state index in [-0.39, 0.29) is 6.42 Å². The van der Waals surface area contributed by atoms with Gasteiger partial charge in [-0.15, -0.1) is 0 Å². The molecule has 0 bridgehead atoms. The molecule has 0 saturated carbocycles. The molecule has 1 N–H and O–H groups in total. The van der Waals surface area contributed by atoms with Gasteiger partial charge in [-0.1, -0.05) is 6.07 Å². The van der Waals surface area contributed by atoms with Crippen LogP contribution in [0.1, 0.15) is 24.0 Å². The third-order valence-corrected chi connectivity index (χ3v) is 3.03. The van der Waals surface area contributed by atoms with Crippen LogP contribution in [0.25, 0.3) is 0 Å². The maximum atomic E-state index is 10.6. The van der Waals surface area contributed by atoms with Gasteiger partial charge in [-0.25, -0.2) is 0 Å². The van der Waals surface area contributed by atoms with Gasteiger partial charge in [0.25, 0.3) is 0 Å². The van der Waals surface area contributed by atoms with Gasteiger partial charge in [-0.05, 0) is 24.5 Å². The van der Waals surface area contributed by atoms with Crippen molar-refractivity contribution in [1.29, 1.82) is 0 Å². The lowest BCUT2D eigenvalue weighted by molar-refractivity contribution is -0.137. The Bertz CT molecular complexity index is 455. The Labute approximate surface area is 112 Å². The second-order valence-electron chi connectivity index (χ2n) is 4.41. The van der Waals surface area contributed by atoms with E-state index in [0.717, 1.165) is 22.6 Å². The van der Waals surface area contributed by atoms with E-state index in [1.165, 1.54) is 0 Å². The summed E-state index contributed by atoms with van der Waals surface area (Å²) in [6.45, 7) is 1.56. The normalized spacial score (nSPS) is 13.3. The number of carboxylic acid groups (broad SMARTS) is 1. The van der Waals surface area contributed by atoms with E-state index in [9.17, 15) is 4.79 Å². The van der Waals surface area contributed by atoms with Crippen molar-refractivity contribution < 1.29 is 24.1 Å². The smallest absolute Gasteiger partial charge is 0.303 e. The van der Waals surface area contributed by atoms with Crippen LogP contribution in [0.15, 0.2) is 12.1 Å². The number of hydrogen-bond acceptors (Lipinski definition) is 4. The van der Waals surface area contributed by atoms with Crippen molar-refractivity contribution in [2.75, 3.05) is 20.3 Å². The summed E-state index contributed by atoms with van der Waals surface area (Å²) in [7, 11) is 1.64. The third-order valence-electron chi connectivity index (χ3n) is 3.03. The fraction of sp³-hybridized carbons (Fsp3) is 0.500. The molecule has 1 heterocycles. The zero-order chi connectivity index (χ0) is 13.7. The van der Waals surface area contributed by atoms with Crippen molar-refractivity contribution in [3.8, 4) is 11.5 Å².